The lowest BCUT2D eigenvalue weighted by Crippen LogP contribution is -2.55. The van der Waals surface area contributed by atoms with Crippen molar-refractivity contribution < 1.29 is 0 Å². The molecule has 2 atom stereocenters. The summed E-state index contributed by atoms with van der Waals surface area (Å²) in [5, 5.41) is 0. The average Bonchev–Trinajstić information content (AvgIpc) is 4.01. The van der Waals surface area contributed by atoms with E-state index in [0.29, 0.717) is 10.8 Å². The highest BCUT2D eigenvalue weighted by Gasteiger charge is 2.58. The van der Waals surface area contributed by atoms with Gasteiger partial charge in [-0.15, -0.1) is 0 Å². The lowest BCUT2D eigenvalue weighted by molar-refractivity contribution is -0.0281. The molecular formula is C80H94. The van der Waals surface area contributed by atoms with Crippen LogP contribution in [0.1, 0.15) is 234 Å². The molecule has 0 aromatic heterocycles. The summed E-state index contributed by atoms with van der Waals surface area (Å²) in [4.78, 5) is 0. The second-order valence-corrected chi connectivity index (χ2v) is 26.7. The van der Waals surface area contributed by atoms with E-state index in [1.807, 2.05) is 6.08 Å². The average molecular weight is 1060 g/mol. The highest BCUT2D eigenvalue weighted by molar-refractivity contribution is 5.88. The van der Waals surface area contributed by atoms with Gasteiger partial charge in [-0.25, -0.2) is 0 Å². The maximum absolute atomic E-state index is 4.04. The van der Waals surface area contributed by atoms with Crippen LogP contribution in [0.3, 0.4) is 0 Å². The zero-order chi connectivity index (χ0) is 54.7. The van der Waals surface area contributed by atoms with E-state index in [1.165, 1.54) is 228 Å². The van der Waals surface area contributed by atoms with Crippen LogP contribution in [-0.2, 0) is 21.7 Å². The molecule has 80 heavy (non-hydrogen) atoms. The zero-order valence-corrected chi connectivity index (χ0v) is 49.8. The van der Waals surface area contributed by atoms with E-state index in [1.54, 1.807) is 33.4 Å². The number of hydrogen-bond acceptors (Lipinski definition) is 0. The van der Waals surface area contributed by atoms with E-state index < -0.39 is 0 Å². The second-order valence-electron chi connectivity index (χ2n) is 26.7. The first-order chi connectivity index (χ1) is 39.3. The second kappa shape index (κ2) is 23.6. The fourth-order valence-corrected chi connectivity index (χ4v) is 18.0. The molecule has 0 N–H and O–H groups in total. The molecule has 0 radical (unpaired) electrons. The van der Waals surface area contributed by atoms with Gasteiger partial charge >= 0.3 is 0 Å². The van der Waals surface area contributed by atoms with Crippen molar-refractivity contribution in [2.75, 3.05) is 0 Å². The van der Waals surface area contributed by atoms with Crippen molar-refractivity contribution in [3.8, 4) is 55.6 Å². The smallest absolute Gasteiger partial charge is 0.0215 e. The summed E-state index contributed by atoms with van der Waals surface area (Å²) in [5.41, 5.74) is 25.4. The Labute approximate surface area is 484 Å². The van der Waals surface area contributed by atoms with Crippen LogP contribution in [-0.4, -0.2) is 0 Å². The maximum atomic E-state index is 4.04. The molecule has 4 saturated carbocycles. The van der Waals surface area contributed by atoms with Crippen LogP contribution >= 0.6 is 0 Å². The molecule has 7 aromatic rings. The molecule has 4 bridgehead atoms. The van der Waals surface area contributed by atoms with Gasteiger partial charge in [0.2, 0.25) is 0 Å². The van der Waals surface area contributed by atoms with Gasteiger partial charge in [-0.2, -0.15) is 0 Å². The van der Waals surface area contributed by atoms with Gasteiger partial charge < -0.3 is 0 Å². The predicted molar refractivity (Wildman–Crippen MR) is 345 cm³/mol. The van der Waals surface area contributed by atoms with Crippen LogP contribution in [0.25, 0.3) is 61.7 Å². The van der Waals surface area contributed by atoms with Crippen LogP contribution < -0.4 is 0 Å². The molecule has 2 unspecified atom stereocenters. The Morgan fingerprint density at radius 1 is 0.362 bits per heavy atom. The third-order valence-electron chi connectivity index (χ3n) is 21.7. The lowest BCUT2D eigenvalue weighted by atomic mass is 9.41. The molecule has 0 nitrogen and oxygen atoms in total. The van der Waals surface area contributed by atoms with Gasteiger partial charge in [0.15, 0.2) is 0 Å². The summed E-state index contributed by atoms with van der Waals surface area (Å²) in [7, 11) is 0. The summed E-state index contributed by atoms with van der Waals surface area (Å²) in [6.07, 6.45) is 35.8. The first-order valence-electron chi connectivity index (χ1n) is 32.8. The summed E-state index contributed by atoms with van der Waals surface area (Å²) in [5.74, 6) is 1.68. The van der Waals surface area contributed by atoms with Gasteiger partial charge in [-0.05, 0) is 200 Å². The Morgan fingerprint density at radius 2 is 0.700 bits per heavy atom. The Balaban J connectivity index is 0.860. The van der Waals surface area contributed by atoms with Crippen molar-refractivity contribution in [3.05, 3.63) is 197 Å². The van der Waals surface area contributed by atoms with E-state index in [0.717, 1.165) is 11.8 Å². The molecular weight excluding hydrogens is 961 g/mol. The van der Waals surface area contributed by atoms with E-state index >= 15 is 0 Å². The standard InChI is InChI=1S/C80H94/c1-6-11-15-21-45-79(46-22-16-12-7-2)73-26-20-19-25-69(73)70-43-36-65(51-74(70)79)66-37-44-72-71-42-35-64(50-75(71)80(76(72)52-66,47-23-17-13-8-3)48-24-18-14-9-4)63-31-29-61(30-32-63)62-33-40-68(41-34-62)78-55-59-49-60(56-78)54-77(53-59,57-78)67-38-27-58(10-5)28-39-67/h10,19-20,25-44,50-52,59-60H,5-9,11-18,21-24,45-49,53-57H2,1-4H3. The number of benzene rings is 7. The molecule has 6 aliphatic rings. The van der Waals surface area contributed by atoms with Crippen LogP contribution in [0.15, 0.2) is 158 Å². The van der Waals surface area contributed by atoms with Crippen molar-refractivity contribution in [1.29, 1.82) is 0 Å². The Kier molecular flexibility index (Phi) is 16.2. The molecule has 414 valence electrons. The molecule has 0 saturated heterocycles. The fourth-order valence-electron chi connectivity index (χ4n) is 18.0. The first-order valence-corrected chi connectivity index (χ1v) is 32.8. The molecule has 7 aromatic carbocycles. The highest BCUT2D eigenvalue weighted by Crippen LogP contribution is 2.66. The minimum Gasteiger partial charge on any atom is -0.0985 e. The maximum Gasteiger partial charge on any atom is 0.0215 e. The van der Waals surface area contributed by atoms with E-state index in [-0.39, 0.29) is 10.8 Å². The zero-order valence-electron chi connectivity index (χ0n) is 49.8. The number of hydrogen-bond donors (Lipinski definition) is 0. The fraction of sp³-hybridized carbons (Fsp3) is 0.450. The van der Waals surface area contributed by atoms with Gasteiger partial charge in [0.05, 0.1) is 0 Å². The van der Waals surface area contributed by atoms with Crippen molar-refractivity contribution in [3.63, 3.8) is 0 Å². The molecule has 0 spiro atoms. The van der Waals surface area contributed by atoms with Crippen LogP contribution in [0.2, 0.25) is 0 Å². The quantitative estimate of drug-likeness (QED) is 0.0474. The van der Waals surface area contributed by atoms with Gasteiger partial charge in [-0.1, -0.05) is 277 Å². The van der Waals surface area contributed by atoms with E-state index in [2.05, 4.69) is 186 Å². The largest absolute Gasteiger partial charge is 0.0985 e. The van der Waals surface area contributed by atoms with Crippen LogP contribution in [0.4, 0.5) is 0 Å². The number of fused-ring (bicyclic) bond motifs is 6. The van der Waals surface area contributed by atoms with E-state index in [4.69, 9.17) is 0 Å². The van der Waals surface area contributed by atoms with Crippen molar-refractivity contribution in [1.82, 2.24) is 0 Å². The Bertz CT molecular complexity index is 3210. The molecule has 13 rings (SSSR count). The SMILES string of the molecule is C=Cc1ccc(C23CC4CC(C2)CC(c2ccc(-c5ccc(-c6ccc7c(c6)C(CCCCCC)(CCCCCC)c6cc(-c8ccc9c(c8)C(CCCCCC)(CCCCCC)c8ccccc8-9)ccc6-7)cc5)cc2)(C4)C3)cc1. The summed E-state index contributed by atoms with van der Waals surface area (Å²) < 4.78 is 0. The van der Waals surface area contributed by atoms with Crippen LogP contribution in [0, 0.1) is 11.8 Å². The van der Waals surface area contributed by atoms with E-state index in [9.17, 15) is 0 Å². The minimum atomic E-state index is -0.0123. The summed E-state index contributed by atoms with van der Waals surface area (Å²) >= 11 is 0. The Morgan fingerprint density at radius 3 is 1.11 bits per heavy atom. The molecule has 0 heterocycles. The molecule has 0 heteroatoms. The molecule has 6 aliphatic carbocycles. The number of unbranched alkanes of at least 4 members (excludes halogenated alkanes) is 12. The van der Waals surface area contributed by atoms with Gasteiger partial charge in [0, 0.05) is 10.8 Å². The van der Waals surface area contributed by atoms with Gasteiger partial charge in [0.25, 0.3) is 0 Å². The highest BCUT2D eigenvalue weighted by atomic mass is 14.6. The molecule has 4 fully saturated rings. The molecule has 0 aliphatic heterocycles. The summed E-state index contributed by atoms with van der Waals surface area (Å²) in [6, 6.07) is 61.6. The van der Waals surface area contributed by atoms with Gasteiger partial charge in [-0.3, -0.25) is 0 Å². The van der Waals surface area contributed by atoms with Crippen molar-refractivity contribution >= 4 is 6.08 Å². The van der Waals surface area contributed by atoms with Crippen molar-refractivity contribution in [2.45, 2.75) is 216 Å². The number of rotatable bonds is 26. The monoisotopic (exact) mass is 1050 g/mol. The lowest BCUT2D eigenvalue weighted by Gasteiger charge is -2.63. The summed E-state index contributed by atoms with van der Waals surface area (Å²) in [6.45, 7) is 13.5. The minimum absolute atomic E-state index is 0.0123. The Hall–Kier alpha value is -5.72. The third kappa shape index (κ3) is 10.1. The predicted octanol–water partition coefficient (Wildman–Crippen LogP) is 23.5. The third-order valence-corrected chi connectivity index (χ3v) is 21.7. The first kappa shape index (κ1) is 54.8. The van der Waals surface area contributed by atoms with Crippen molar-refractivity contribution in [2.24, 2.45) is 11.8 Å². The van der Waals surface area contributed by atoms with Gasteiger partial charge in [0.1, 0.15) is 0 Å². The van der Waals surface area contributed by atoms with Crippen LogP contribution in [0.5, 0.6) is 0 Å². The molecule has 0 amide bonds. The topological polar surface area (TPSA) is 0 Å². The normalized spacial score (nSPS) is 21.3.